The van der Waals surface area contributed by atoms with E-state index in [2.05, 4.69) is 55.5 Å². The van der Waals surface area contributed by atoms with Crippen molar-refractivity contribution in [3.05, 3.63) is 96.1 Å². The standard InChI is InChI=1S/C24H20O/c1-2-19(17-10-4-3-5-11-17)24(25)23-16-18-12-6-7-13-20(18)21-14-8-9-15-22(21)23/h3-16,19H,2H2,1H3. The van der Waals surface area contributed by atoms with Crippen LogP contribution in [0.15, 0.2) is 84.9 Å². The summed E-state index contributed by atoms with van der Waals surface area (Å²) in [6.45, 7) is 2.08. The Kier molecular flexibility index (Phi) is 4.07. The fraction of sp³-hybridized carbons (Fsp3) is 0.125. The van der Waals surface area contributed by atoms with E-state index in [1.54, 1.807) is 0 Å². The molecular formula is C24H20O. The van der Waals surface area contributed by atoms with Gasteiger partial charge in [-0.25, -0.2) is 0 Å². The molecule has 0 fully saturated rings. The molecule has 1 unspecified atom stereocenters. The number of rotatable bonds is 4. The number of carbonyl (C=O) groups is 1. The van der Waals surface area contributed by atoms with Crippen molar-refractivity contribution in [1.29, 1.82) is 0 Å². The molecule has 0 spiro atoms. The Labute approximate surface area is 147 Å². The summed E-state index contributed by atoms with van der Waals surface area (Å²) in [6.07, 6.45) is 0.796. The van der Waals surface area contributed by atoms with Crippen LogP contribution in [0, 0.1) is 0 Å². The molecule has 4 aromatic rings. The molecule has 4 rings (SSSR count). The van der Waals surface area contributed by atoms with Crippen LogP contribution in [0.3, 0.4) is 0 Å². The Morgan fingerprint density at radius 2 is 1.36 bits per heavy atom. The number of ketones is 1. The zero-order valence-corrected chi connectivity index (χ0v) is 14.3. The third kappa shape index (κ3) is 2.72. The summed E-state index contributed by atoms with van der Waals surface area (Å²) in [5, 5.41) is 4.50. The van der Waals surface area contributed by atoms with E-state index in [-0.39, 0.29) is 11.7 Å². The molecule has 0 amide bonds. The van der Waals surface area contributed by atoms with Crippen LogP contribution >= 0.6 is 0 Å². The van der Waals surface area contributed by atoms with Crippen LogP contribution in [0.25, 0.3) is 21.5 Å². The maximum Gasteiger partial charge on any atom is 0.170 e. The van der Waals surface area contributed by atoms with Crippen LogP contribution in [-0.4, -0.2) is 5.78 Å². The predicted octanol–water partition coefficient (Wildman–Crippen LogP) is 6.37. The molecule has 25 heavy (non-hydrogen) atoms. The summed E-state index contributed by atoms with van der Waals surface area (Å²) in [7, 11) is 0. The highest BCUT2D eigenvalue weighted by Crippen LogP contribution is 2.33. The van der Waals surface area contributed by atoms with E-state index in [1.165, 1.54) is 5.39 Å². The average Bonchev–Trinajstić information content (AvgIpc) is 2.68. The highest BCUT2D eigenvalue weighted by molar-refractivity contribution is 6.18. The number of fused-ring (bicyclic) bond motifs is 3. The van der Waals surface area contributed by atoms with Crippen LogP contribution in [0.2, 0.25) is 0 Å². The van der Waals surface area contributed by atoms with Gasteiger partial charge in [0, 0.05) is 11.5 Å². The largest absolute Gasteiger partial charge is 0.293 e. The van der Waals surface area contributed by atoms with Crippen LogP contribution < -0.4 is 0 Å². The molecule has 0 aliphatic rings. The molecule has 1 heteroatoms. The lowest BCUT2D eigenvalue weighted by Gasteiger charge is -2.17. The van der Waals surface area contributed by atoms with Gasteiger partial charge in [-0.3, -0.25) is 4.79 Å². The summed E-state index contributed by atoms with van der Waals surface area (Å²) in [5.41, 5.74) is 1.91. The van der Waals surface area contributed by atoms with Gasteiger partial charge < -0.3 is 0 Å². The Morgan fingerprint density at radius 3 is 2.08 bits per heavy atom. The molecule has 0 saturated carbocycles. The molecule has 0 aliphatic heterocycles. The minimum atomic E-state index is -0.106. The van der Waals surface area contributed by atoms with E-state index >= 15 is 0 Å². The maximum atomic E-state index is 13.4. The van der Waals surface area contributed by atoms with E-state index in [9.17, 15) is 4.79 Å². The third-order valence-electron chi connectivity index (χ3n) is 4.96. The number of Topliss-reactive ketones (excluding diaryl/α,β-unsaturated/α-hetero) is 1. The van der Waals surface area contributed by atoms with Gasteiger partial charge in [-0.2, -0.15) is 0 Å². The van der Waals surface area contributed by atoms with Crippen molar-refractivity contribution in [3.8, 4) is 0 Å². The lowest BCUT2D eigenvalue weighted by atomic mass is 9.85. The molecule has 0 aromatic heterocycles. The highest BCUT2D eigenvalue weighted by Gasteiger charge is 2.22. The number of hydrogen-bond donors (Lipinski definition) is 0. The van der Waals surface area contributed by atoms with E-state index in [1.807, 2.05) is 36.4 Å². The smallest absolute Gasteiger partial charge is 0.170 e. The second-order valence-corrected chi connectivity index (χ2v) is 6.43. The van der Waals surface area contributed by atoms with Crippen molar-refractivity contribution in [1.82, 2.24) is 0 Å². The fourth-order valence-corrected chi connectivity index (χ4v) is 3.70. The topological polar surface area (TPSA) is 17.1 Å². The average molecular weight is 324 g/mol. The zero-order chi connectivity index (χ0) is 17.2. The Bertz CT molecular complexity index is 1050. The minimum absolute atomic E-state index is 0.106. The summed E-state index contributed by atoms with van der Waals surface area (Å²) in [4.78, 5) is 13.4. The van der Waals surface area contributed by atoms with Gasteiger partial charge in [0.2, 0.25) is 0 Å². The van der Waals surface area contributed by atoms with Gasteiger partial charge in [-0.05, 0) is 39.6 Å². The van der Waals surface area contributed by atoms with Crippen molar-refractivity contribution in [3.63, 3.8) is 0 Å². The van der Waals surface area contributed by atoms with Gasteiger partial charge in [0.15, 0.2) is 5.78 Å². The van der Waals surface area contributed by atoms with Crippen LogP contribution in [0.5, 0.6) is 0 Å². The van der Waals surface area contributed by atoms with E-state index in [4.69, 9.17) is 0 Å². The number of carbonyl (C=O) groups excluding carboxylic acids is 1. The SMILES string of the molecule is CCC(C(=O)c1cc2ccccc2c2ccccc12)c1ccccc1. The van der Waals surface area contributed by atoms with Crippen LogP contribution in [-0.2, 0) is 0 Å². The van der Waals surface area contributed by atoms with Gasteiger partial charge in [0.1, 0.15) is 0 Å². The van der Waals surface area contributed by atoms with Gasteiger partial charge in [0.05, 0.1) is 0 Å². The fourth-order valence-electron chi connectivity index (χ4n) is 3.70. The summed E-state index contributed by atoms with van der Waals surface area (Å²) in [6, 6.07) is 28.7. The molecule has 0 N–H and O–H groups in total. The molecule has 0 aliphatic carbocycles. The lowest BCUT2D eigenvalue weighted by Crippen LogP contribution is -2.12. The Hall–Kier alpha value is -2.93. The van der Waals surface area contributed by atoms with Crippen LogP contribution in [0.4, 0.5) is 0 Å². The molecule has 122 valence electrons. The third-order valence-corrected chi connectivity index (χ3v) is 4.96. The zero-order valence-electron chi connectivity index (χ0n) is 14.3. The highest BCUT2D eigenvalue weighted by atomic mass is 16.1. The quantitative estimate of drug-likeness (QED) is 0.315. The normalized spacial score (nSPS) is 12.4. The van der Waals surface area contributed by atoms with Gasteiger partial charge in [-0.15, -0.1) is 0 Å². The minimum Gasteiger partial charge on any atom is -0.293 e. The molecular weight excluding hydrogens is 304 g/mol. The van der Waals surface area contributed by atoms with Gasteiger partial charge >= 0.3 is 0 Å². The lowest BCUT2D eigenvalue weighted by molar-refractivity contribution is 0.0959. The van der Waals surface area contributed by atoms with Gasteiger partial charge in [-0.1, -0.05) is 85.8 Å². The van der Waals surface area contributed by atoms with E-state index < -0.39 is 0 Å². The summed E-state index contributed by atoms with van der Waals surface area (Å²) >= 11 is 0. The second kappa shape index (κ2) is 6.52. The van der Waals surface area contributed by atoms with Crippen molar-refractivity contribution < 1.29 is 4.79 Å². The van der Waals surface area contributed by atoms with E-state index in [0.29, 0.717) is 0 Å². The first kappa shape index (κ1) is 15.6. The molecule has 4 aromatic carbocycles. The van der Waals surface area contributed by atoms with Gasteiger partial charge in [0.25, 0.3) is 0 Å². The van der Waals surface area contributed by atoms with Crippen molar-refractivity contribution in [2.75, 3.05) is 0 Å². The van der Waals surface area contributed by atoms with Crippen molar-refractivity contribution in [2.45, 2.75) is 19.3 Å². The molecule has 1 atom stereocenters. The molecule has 0 bridgehead atoms. The molecule has 0 saturated heterocycles. The predicted molar refractivity (Wildman–Crippen MR) is 105 cm³/mol. The van der Waals surface area contributed by atoms with E-state index in [0.717, 1.165) is 33.7 Å². The molecule has 0 radical (unpaired) electrons. The Morgan fingerprint density at radius 1 is 0.760 bits per heavy atom. The first-order chi connectivity index (χ1) is 12.3. The van der Waals surface area contributed by atoms with Crippen LogP contribution in [0.1, 0.15) is 35.2 Å². The Balaban J connectivity index is 1.94. The number of hydrogen-bond acceptors (Lipinski definition) is 1. The second-order valence-electron chi connectivity index (χ2n) is 6.43. The molecule has 1 nitrogen and oxygen atoms in total. The van der Waals surface area contributed by atoms with Crippen molar-refractivity contribution >= 4 is 27.3 Å². The summed E-state index contributed by atoms with van der Waals surface area (Å²) in [5.74, 6) is 0.0985. The van der Waals surface area contributed by atoms with Crippen molar-refractivity contribution in [2.24, 2.45) is 0 Å². The first-order valence-corrected chi connectivity index (χ1v) is 8.79. The monoisotopic (exact) mass is 324 g/mol. The first-order valence-electron chi connectivity index (χ1n) is 8.79. The summed E-state index contributed by atoms with van der Waals surface area (Å²) < 4.78 is 0. The molecule has 0 heterocycles. The maximum absolute atomic E-state index is 13.4. The number of benzene rings is 4.